The lowest BCUT2D eigenvalue weighted by molar-refractivity contribution is -0.123. The average Bonchev–Trinajstić information content (AvgIpc) is 3.09. The van der Waals surface area contributed by atoms with Gasteiger partial charge in [0.05, 0.1) is 5.54 Å². The maximum Gasteiger partial charge on any atom is 0.240 e. The first-order valence-corrected chi connectivity index (χ1v) is 6.90. The molecule has 1 fully saturated rings. The van der Waals surface area contributed by atoms with Crippen LogP contribution in [-0.4, -0.2) is 18.0 Å². The van der Waals surface area contributed by atoms with Crippen molar-refractivity contribution < 1.29 is 4.79 Å². The first-order chi connectivity index (χ1) is 8.74. The molecule has 1 amide bonds. The van der Waals surface area contributed by atoms with Crippen LogP contribution in [0.5, 0.6) is 0 Å². The molecule has 0 aromatic heterocycles. The molecule has 1 saturated carbocycles. The molecule has 2 rings (SSSR count). The lowest BCUT2D eigenvalue weighted by Crippen LogP contribution is -2.46. The fraction of sp³-hybridized carbons (Fsp3) is 0.562. The minimum absolute atomic E-state index is 0.00844. The Morgan fingerprint density at radius 2 is 2.00 bits per heavy atom. The fourth-order valence-electron chi connectivity index (χ4n) is 2.40. The molecule has 0 spiro atoms. The SMILES string of the molecule is Cc1ccc(C)c(C(C)(C)CNC(=O)C2(N)CC2)c1. The van der Waals surface area contributed by atoms with Gasteiger partial charge < -0.3 is 11.1 Å². The van der Waals surface area contributed by atoms with Crippen LogP contribution < -0.4 is 11.1 Å². The third-order valence-electron chi connectivity index (χ3n) is 4.05. The number of rotatable bonds is 4. The van der Waals surface area contributed by atoms with Crippen LogP contribution in [-0.2, 0) is 10.2 Å². The van der Waals surface area contributed by atoms with E-state index in [2.05, 4.69) is 51.2 Å². The van der Waals surface area contributed by atoms with E-state index in [4.69, 9.17) is 5.73 Å². The quantitative estimate of drug-likeness (QED) is 0.872. The summed E-state index contributed by atoms with van der Waals surface area (Å²) in [4.78, 5) is 11.9. The van der Waals surface area contributed by atoms with Gasteiger partial charge >= 0.3 is 0 Å². The van der Waals surface area contributed by atoms with E-state index in [-0.39, 0.29) is 11.3 Å². The van der Waals surface area contributed by atoms with Crippen molar-refractivity contribution in [3.8, 4) is 0 Å². The van der Waals surface area contributed by atoms with Crippen LogP contribution >= 0.6 is 0 Å². The maximum atomic E-state index is 11.9. The fourth-order valence-corrected chi connectivity index (χ4v) is 2.40. The van der Waals surface area contributed by atoms with E-state index < -0.39 is 5.54 Å². The van der Waals surface area contributed by atoms with Crippen molar-refractivity contribution in [2.24, 2.45) is 5.73 Å². The smallest absolute Gasteiger partial charge is 0.240 e. The Bertz CT molecular complexity index is 501. The highest BCUT2D eigenvalue weighted by Crippen LogP contribution is 2.33. The van der Waals surface area contributed by atoms with Crippen molar-refractivity contribution >= 4 is 5.91 Å². The normalized spacial score (nSPS) is 17.1. The Balaban J connectivity index is 2.09. The van der Waals surface area contributed by atoms with Gasteiger partial charge in [-0.15, -0.1) is 0 Å². The van der Waals surface area contributed by atoms with Crippen molar-refractivity contribution in [1.82, 2.24) is 5.32 Å². The Labute approximate surface area is 115 Å². The zero-order valence-corrected chi connectivity index (χ0v) is 12.3. The molecule has 1 aromatic carbocycles. The molecule has 0 atom stereocenters. The topological polar surface area (TPSA) is 55.1 Å². The highest BCUT2D eigenvalue weighted by atomic mass is 16.2. The van der Waals surface area contributed by atoms with Crippen molar-refractivity contribution in [3.63, 3.8) is 0 Å². The summed E-state index contributed by atoms with van der Waals surface area (Å²) in [7, 11) is 0. The maximum absolute atomic E-state index is 11.9. The summed E-state index contributed by atoms with van der Waals surface area (Å²) in [5.41, 5.74) is 9.03. The van der Waals surface area contributed by atoms with Gasteiger partial charge in [0.1, 0.15) is 0 Å². The zero-order chi connectivity index (χ0) is 14.3. The van der Waals surface area contributed by atoms with Crippen LogP contribution in [0.2, 0.25) is 0 Å². The second-order valence-electron chi connectivity index (χ2n) is 6.54. The van der Waals surface area contributed by atoms with E-state index in [1.54, 1.807) is 0 Å². The summed E-state index contributed by atoms with van der Waals surface area (Å²) in [6.07, 6.45) is 1.62. The molecule has 3 heteroatoms. The monoisotopic (exact) mass is 260 g/mol. The van der Waals surface area contributed by atoms with Crippen LogP contribution in [0.1, 0.15) is 43.4 Å². The summed E-state index contributed by atoms with van der Waals surface area (Å²) in [6, 6.07) is 6.46. The Kier molecular flexibility index (Phi) is 3.43. The standard InChI is InChI=1S/C16H24N2O/c1-11-5-6-12(2)13(9-11)15(3,4)10-18-14(19)16(17)7-8-16/h5-6,9H,7-8,10,17H2,1-4H3,(H,18,19). The number of benzene rings is 1. The predicted molar refractivity (Wildman–Crippen MR) is 78.1 cm³/mol. The summed E-state index contributed by atoms with van der Waals surface area (Å²) in [6.45, 7) is 9.14. The highest BCUT2D eigenvalue weighted by Gasteiger charge is 2.46. The Morgan fingerprint density at radius 3 is 2.58 bits per heavy atom. The second-order valence-corrected chi connectivity index (χ2v) is 6.54. The molecular weight excluding hydrogens is 236 g/mol. The van der Waals surface area contributed by atoms with Gasteiger partial charge in [0.2, 0.25) is 5.91 Å². The summed E-state index contributed by atoms with van der Waals surface area (Å²) >= 11 is 0. The van der Waals surface area contributed by atoms with Gasteiger partial charge in [-0.3, -0.25) is 4.79 Å². The molecule has 1 aromatic rings. The third-order valence-corrected chi connectivity index (χ3v) is 4.05. The first kappa shape index (κ1) is 14.1. The molecule has 0 aliphatic heterocycles. The Morgan fingerprint density at radius 1 is 1.37 bits per heavy atom. The number of aryl methyl sites for hydroxylation is 2. The van der Waals surface area contributed by atoms with Gasteiger partial charge in [0.25, 0.3) is 0 Å². The lowest BCUT2D eigenvalue weighted by Gasteiger charge is -2.28. The van der Waals surface area contributed by atoms with Crippen molar-refractivity contribution in [3.05, 3.63) is 34.9 Å². The van der Waals surface area contributed by atoms with Crippen molar-refractivity contribution in [2.45, 2.75) is 51.5 Å². The number of amides is 1. The van der Waals surface area contributed by atoms with E-state index in [9.17, 15) is 4.79 Å². The molecule has 1 aliphatic rings. The number of hydrogen-bond donors (Lipinski definition) is 2. The number of carbonyl (C=O) groups excluding carboxylic acids is 1. The number of nitrogens with one attached hydrogen (secondary N) is 1. The van der Waals surface area contributed by atoms with Crippen LogP contribution in [0.15, 0.2) is 18.2 Å². The van der Waals surface area contributed by atoms with Crippen molar-refractivity contribution in [2.75, 3.05) is 6.54 Å². The van der Waals surface area contributed by atoms with Crippen LogP contribution in [0, 0.1) is 13.8 Å². The highest BCUT2D eigenvalue weighted by molar-refractivity contribution is 5.89. The molecule has 0 unspecified atom stereocenters. The summed E-state index contributed by atoms with van der Waals surface area (Å²) in [5, 5.41) is 3.01. The van der Waals surface area contributed by atoms with E-state index >= 15 is 0 Å². The van der Waals surface area contributed by atoms with Gasteiger partial charge in [-0.1, -0.05) is 37.6 Å². The predicted octanol–water partition coefficient (Wildman–Crippen LogP) is 2.19. The zero-order valence-electron chi connectivity index (χ0n) is 12.3. The van der Waals surface area contributed by atoms with Gasteiger partial charge in [-0.2, -0.15) is 0 Å². The Hall–Kier alpha value is -1.35. The van der Waals surface area contributed by atoms with Gasteiger partial charge in [0.15, 0.2) is 0 Å². The molecule has 1 aliphatic carbocycles. The lowest BCUT2D eigenvalue weighted by atomic mass is 9.81. The average molecular weight is 260 g/mol. The van der Waals surface area contributed by atoms with Crippen LogP contribution in [0.3, 0.4) is 0 Å². The van der Waals surface area contributed by atoms with Gasteiger partial charge in [-0.05, 0) is 37.8 Å². The minimum Gasteiger partial charge on any atom is -0.354 e. The van der Waals surface area contributed by atoms with Gasteiger partial charge in [-0.25, -0.2) is 0 Å². The summed E-state index contributed by atoms with van der Waals surface area (Å²) in [5.74, 6) is -0.00844. The van der Waals surface area contributed by atoms with E-state index in [1.807, 2.05) is 0 Å². The van der Waals surface area contributed by atoms with Crippen LogP contribution in [0.25, 0.3) is 0 Å². The van der Waals surface area contributed by atoms with Gasteiger partial charge in [0, 0.05) is 12.0 Å². The number of hydrogen-bond acceptors (Lipinski definition) is 2. The molecule has 0 saturated heterocycles. The van der Waals surface area contributed by atoms with E-state index in [0.29, 0.717) is 6.54 Å². The molecule has 0 radical (unpaired) electrons. The molecule has 3 N–H and O–H groups in total. The second kappa shape index (κ2) is 4.64. The molecule has 104 valence electrons. The summed E-state index contributed by atoms with van der Waals surface area (Å²) < 4.78 is 0. The molecule has 3 nitrogen and oxygen atoms in total. The molecule has 19 heavy (non-hydrogen) atoms. The molecular formula is C16H24N2O. The van der Waals surface area contributed by atoms with Crippen LogP contribution in [0.4, 0.5) is 0 Å². The van der Waals surface area contributed by atoms with E-state index in [0.717, 1.165) is 12.8 Å². The van der Waals surface area contributed by atoms with Crippen molar-refractivity contribution in [1.29, 1.82) is 0 Å². The number of nitrogens with two attached hydrogens (primary N) is 1. The number of carbonyl (C=O) groups is 1. The van der Waals surface area contributed by atoms with E-state index in [1.165, 1.54) is 16.7 Å². The molecule has 0 heterocycles. The third kappa shape index (κ3) is 2.98. The molecule has 0 bridgehead atoms. The first-order valence-electron chi connectivity index (χ1n) is 6.90. The minimum atomic E-state index is -0.586. The largest absolute Gasteiger partial charge is 0.354 e.